The number of hydrogen-bond donors (Lipinski definition) is 2. The maximum Gasteiger partial charge on any atom is 0.273 e. The second-order valence-electron chi connectivity index (χ2n) is 6.59. The molecular formula is C21H21N5O. The van der Waals surface area contributed by atoms with Gasteiger partial charge in [0.25, 0.3) is 5.91 Å². The van der Waals surface area contributed by atoms with E-state index in [-0.39, 0.29) is 17.4 Å². The van der Waals surface area contributed by atoms with Gasteiger partial charge in [-0.1, -0.05) is 42.5 Å². The third-order valence-electron chi connectivity index (χ3n) is 4.77. The lowest BCUT2D eigenvalue weighted by molar-refractivity contribution is 0.0946. The maximum absolute atomic E-state index is 12.2. The van der Waals surface area contributed by atoms with Crippen LogP contribution in [0, 0.1) is 0 Å². The summed E-state index contributed by atoms with van der Waals surface area (Å²) in [6.07, 6.45) is 4.02. The lowest BCUT2D eigenvalue weighted by atomic mass is 10.1. The van der Waals surface area contributed by atoms with Crippen molar-refractivity contribution in [2.45, 2.75) is 19.5 Å². The molecule has 6 heteroatoms. The third kappa shape index (κ3) is 3.74. The van der Waals surface area contributed by atoms with Crippen molar-refractivity contribution in [3.63, 3.8) is 0 Å². The number of nitrogens with one attached hydrogen (secondary N) is 1. The fraction of sp³-hybridized carbons (Fsp3) is 0.190. The van der Waals surface area contributed by atoms with Crippen LogP contribution in [0.1, 0.15) is 27.2 Å². The summed E-state index contributed by atoms with van der Waals surface area (Å²) in [5, 5.41) is 2.83. The van der Waals surface area contributed by atoms with Gasteiger partial charge < -0.3 is 16.0 Å². The lowest BCUT2D eigenvalue weighted by Gasteiger charge is -2.19. The Morgan fingerprint density at radius 1 is 1.04 bits per heavy atom. The van der Waals surface area contributed by atoms with Gasteiger partial charge >= 0.3 is 0 Å². The Labute approximate surface area is 158 Å². The minimum Gasteiger partial charge on any atom is -0.382 e. The van der Waals surface area contributed by atoms with E-state index in [2.05, 4.69) is 56.6 Å². The summed E-state index contributed by atoms with van der Waals surface area (Å²) in [6.45, 7) is 2.36. The van der Waals surface area contributed by atoms with Gasteiger partial charge in [0.2, 0.25) is 0 Å². The molecule has 0 unspecified atom stereocenters. The molecule has 1 amide bonds. The Morgan fingerprint density at radius 3 is 2.59 bits per heavy atom. The summed E-state index contributed by atoms with van der Waals surface area (Å²) >= 11 is 0. The Kier molecular flexibility index (Phi) is 4.70. The highest BCUT2D eigenvalue weighted by atomic mass is 16.1. The van der Waals surface area contributed by atoms with Gasteiger partial charge in [-0.05, 0) is 29.2 Å². The summed E-state index contributed by atoms with van der Waals surface area (Å²) in [6, 6.07) is 16.9. The molecule has 1 aliphatic rings. The van der Waals surface area contributed by atoms with Gasteiger partial charge in [0, 0.05) is 37.7 Å². The molecule has 1 aromatic heterocycles. The van der Waals surface area contributed by atoms with Gasteiger partial charge in [0.05, 0.1) is 0 Å². The number of amides is 1. The van der Waals surface area contributed by atoms with E-state index in [1.54, 1.807) is 0 Å². The number of fused-ring (bicyclic) bond motifs is 1. The Balaban J connectivity index is 1.36. The number of para-hydroxylation sites is 1. The molecule has 0 atom stereocenters. The summed E-state index contributed by atoms with van der Waals surface area (Å²) in [5.74, 6) is -0.186. The van der Waals surface area contributed by atoms with Gasteiger partial charge in [-0.2, -0.15) is 0 Å². The molecule has 4 rings (SSSR count). The van der Waals surface area contributed by atoms with Crippen molar-refractivity contribution in [1.29, 1.82) is 0 Å². The van der Waals surface area contributed by atoms with Gasteiger partial charge in [0.1, 0.15) is 0 Å². The normalized spacial score (nSPS) is 12.7. The van der Waals surface area contributed by atoms with Crippen LogP contribution in [0.2, 0.25) is 0 Å². The van der Waals surface area contributed by atoms with Crippen LogP contribution in [0.15, 0.2) is 60.9 Å². The fourth-order valence-corrected chi connectivity index (χ4v) is 3.34. The predicted octanol–water partition coefficient (Wildman–Crippen LogP) is 2.55. The largest absolute Gasteiger partial charge is 0.382 e. The first-order chi connectivity index (χ1) is 13.2. The van der Waals surface area contributed by atoms with Crippen molar-refractivity contribution in [2.75, 3.05) is 17.2 Å². The quantitative estimate of drug-likeness (QED) is 0.731. The summed E-state index contributed by atoms with van der Waals surface area (Å²) in [7, 11) is 0. The summed E-state index contributed by atoms with van der Waals surface area (Å²) in [5.41, 5.74) is 10.9. The highest BCUT2D eigenvalue weighted by molar-refractivity contribution is 5.96. The minimum atomic E-state index is -0.321. The van der Waals surface area contributed by atoms with Gasteiger partial charge in [0.15, 0.2) is 11.5 Å². The molecule has 2 heterocycles. The Morgan fingerprint density at radius 2 is 1.78 bits per heavy atom. The predicted molar refractivity (Wildman–Crippen MR) is 105 cm³/mol. The number of nitrogens with two attached hydrogens (primary N) is 1. The van der Waals surface area contributed by atoms with E-state index >= 15 is 0 Å². The molecule has 3 aromatic rings. The first-order valence-corrected chi connectivity index (χ1v) is 8.96. The molecule has 136 valence electrons. The SMILES string of the molecule is Nc1nccnc1C(=O)NCc1ccc(CN2CCc3ccccc32)cc1. The number of nitrogen functional groups attached to an aromatic ring is 1. The van der Waals surface area contributed by atoms with E-state index in [0.717, 1.165) is 25.1 Å². The third-order valence-corrected chi connectivity index (χ3v) is 4.77. The zero-order valence-electron chi connectivity index (χ0n) is 14.9. The fourth-order valence-electron chi connectivity index (χ4n) is 3.34. The standard InChI is InChI=1S/C21H21N5O/c22-20-19(23-10-11-24-20)21(27)25-13-15-5-7-16(8-6-15)14-26-12-9-17-3-1-2-4-18(17)26/h1-8,10-11H,9,12-14H2,(H2,22,24)(H,25,27). The number of rotatable bonds is 5. The number of carbonyl (C=O) groups excluding carboxylic acids is 1. The van der Waals surface area contributed by atoms with Gasteiger partial charge in [-0.15, -0.1) is 0 Å². The number of anilines is 2. The van der Waals surface area contributed by atoms with Crippen molar-refractivity contribution < 1.29 is 4.79 Å². The molecule has 0 aliphatic carbocycles. The van der Waals surface area contributed by atoms with Gasteiger partial charge in [-0.25, -0.2) is 9.97 Å². The molecule has 0 radical (unpaired) electrons. The zero-order valence-corrected chi connectivity index (χ0v) is 14.9. The van der Waals surface area contributed by atoms with Gasteiger partial charge in [-0.3, -0.25) is 4.79 Å². The Hall–Kier alpha value is -3.41. The zero-order chi connectivity index (χ0) is 18.6. The van der Waals surface area contributed by atoms with Crippen LogP contribution in [0.25, 0.3) is 0 Å². The minimum absolute atomic E-state index is 0.135. The van der Waals surface area contributed by atoms with Crippen LogP contribution < -0.4 is 16.0 Å². The van der Waals surface area contributed by atoms with Crippen LogP contribution in [-0.2, 0) is 19.5 Å². The second-order valence-corrected chi connectivity index (χ2v) is 6.59. The first kappa shape index (κ1) is 17.0. The van der Waals surface area contributed by atoms with Crippen molar-refractivity contribution in [3.05, 3.63) is 83.3 Å². The molecule has 2 aromatic carbocycles. The molecule has 3 N–H and O–H groups in total. The monoisotopic (exact) mass is 359 g/mol. The average molecular weight is 359 g/mol. The van der Waals surface area contributed by atoms with E-state index in [1.807, 2.05) is 12.1 Å². The number of benzene rings is 2. The van der Waals surface area contributed by atoms with Crippen molar-refractivity contribution >= 4 is 17.4 Å². The Bertz CT molecular complexity index is 955. The maximum atomic E-state index is 12.2. The molecule has 0 saturated heterocycles. The van der Waals surface area contributed by atoms with Crippen LogP contribution in [0.5, 0.6) is 0 Å². The smallest absolute Gasteiger partial charge is 0.273 e. The van der Waals surface area contributed by atoms with E-state index < -0.39 is 0 Å². The average Bonchev–Trinajstić information content (AvgIpc) is 3.10. The second kappa shape index (κ2) is 7.45. The van der Waals surface area contributed by atoms with Crippen LogP contribution in [0.4, 0.5) is 11.5 Å². The number of hydrogen-bond acceptors (Lipinski definition) is 5. The highest BCUT2D eigenvalue weighted by Crippen LogP contribution is 2.28. The van der Waals surface area contributed by atoms with Crippen LogP contribution >= 0.6 is 0 Å². The number of nitrogens with zero attached hydrogens (tertiary/aromatic N) is 3. The van der Waals surface area contributed by atoms with E-state index in [4.69, 9.17) is 5.73 Å². The lowest BCUT2D eigenvalue weighted by Crippen LogP contribution is -2.25. The highest BCUT2D eigenvalue weighted by Gasteiger charge is 2.18. The topological polar surface area (TPSA) is 84.1 Å². The molecule has 1 aliphatic heterocycles. The van der Waals surface area contributed by atoms with E-state index in [0.29, 0.717) is 6.54 Å². The summed E-state index contributed by atoms with van der Waals surface area (Å²) in [4.78, 5) is 22.4. The number of aromatic nitrogens is 2. The van der Waals surface area contributed by atoms with Crippen LogP contribution in [0.3, 0.4) is 0 Å². The molecule has 0 spiro atoms. The number of carbonyl (C=O) groups is 1. The molecule has 27 heavy (non-hydrogen) atoms. The van der Waals surface area contributed by atoms with Crippen molar-refractivity contribution in [3.8, 4) is 0 Å². The molecule has 0 fully saturated rings. The molecule has 0 saturated carbocycles. The molecular weight excluding hydrogens is 338 g/mol. The van der Waals surface area contributed by atoms with Crippen molar-refractivity contribution in [1.82, 2.24) is 15.3 Å². The van der Waals surface area contributed by atoms with Crippen LogP contribution in [-0.4, -0.2) is 22.4 Å². The first-order valence-electron chi connectivity index (χ1n) is 8.96. The summed E-state index contributed by atoms with van der Waals surface area (Å²) < 4.78 is 0. The molecule has 0 bridgehead atoms. The van der Waals surface area contributed by atoms with Crippen molar-refractivity contribution in [2.24, 2.45) is 0 Å². The molecule has 6 nitrogen and oxygen atoms in total. The van der Waals surface area contributed by atoms with E-state index in [1.165, 1.54) is 29.2 Å². The van der Waals surface area contributed by atoms with E-state index in [9.17, 15) is 4.79 Å².